The monoisotopic (exact) mass is 407 g/mol. The molecule has 7 nitrogen and oxygen atoms in total. The lowest BCUT2D eigenvalue weighted by Gasteiger charge is -2.03. The molecule has 8 heteroatoms. The molecule has 0 unspecified atom stereocenters. The highest BCUT2D eigenvalue weighted by Gasteiger charge is 2.17. The van der Waals surface area contributed by atoms with Crippen LogP contribution in [0.3, 0.4) is 0 Å². The van der Waals surface area contributed by atoms with E-state index in [4.69, 9.17) is 0 Å². The number of benzene rings is 1. The second-order valence-electron chi connectivity index (χ2n) is 7.05. The summed E-state index contributed by atoms with van der Waals surface area (Å²) in [5.74, 6) is 0.240. The van der Waals surface area contributed by atoms with Gasteiger partial charge in [0, 0.05) is 40.7 Å². The number of nitrogens with zero attached hydrogens (tertiary/aromatic N) is 5. The summed E-state index contributed by atoms with van der Waals surface area (Å²) in [6.45, 7) is 0. The largest absolute Gasteiger partial charge is 0.335 e. The van der Waals surface area contributed by atoms with Crippen molar-refractivity contribution in [1.82, 2.24) is 35.1 Å². The number of H-pyrrole nitrogens is 2. The molecule has 0 aliphatic heterocycles. The molecular formula is C23H14FN7. The van der Waals surface area contributed by atoms with Crippen LogP contribution in [0.5, 0.6) is 0 Å². The fourth-order valence-corrected chi connectivity index (χ4v) is 3.70. The maximum atomic E-state index is 14.4. The molecule has 5 aromatic heterocycles. The van der Waals surface area contributed by atoms with Gasteiger partial charge >= 0.3 is 0 Å². The van der Waals surface area contributed by atoms with Crippen molar-refractivity contribution >= 4 is 22.1 Å². The van der Waals surface area contributed by atoms with Crippen LogP contribution in [0, 0.1) is 5.82 Å². The number of halogens is 1. The van der Waals surface area contributed by atoms with Crippen molar-refractivity contribution in [3.8, 4) is 33.9 Å². The van der Waals surface area contributed by atoms with Crippen LogP contribution in [0.1, 0.15) is 0 Å². The maximum Gasteiger partial charge on any atom is 0.178 e. The highest BCUT2D eigenvalue weighted by Crippen LogP contribution is 2.32. The van der Waals surface area contributed by atoms with Gasteiger partial charge in [0.1, 0.15) is 11.5 Å². The third kappa shape index (κ3) is 2.84. The quantitative estimate of drug-likeness (QED) is 0.441. The number of pyridine rings is 3. The molecule has 148 valence electrons. The summed E-state index contributed by atoms with van der Waals surface area (Å²) >= 11 is 0. The SMILES string of the molecule is Fc1ccccc1-c1ccnc2nc(-c3n[nH]c4cnc(-c5cccnc5)cc34)[nH]c12. The highest BCUT2D eigenvalue weighted by molar-refractivity contribution is 5.96. The molecule has 5 heterocycles. The van der Waals surface area contributed by atoms with Crippen LogP contribution in [0.2, 0.25) is 0 Å². The van der Waals surface area contributed by atoms with Crippen LogP contribution in [-0.2, 0) is 0 Å². The fraction of sp³-hybridized carbons (Fsp3) is 0. The van der Waals surface area contributed by atoms with E-state index in [1.165, 1.54) is 6.07 Å². The molecular weight excluding hydrogens is 393 g/mol. The molecule has 0 radical (unpaired) electrons. The van der Waals surface area contributed by atoms with Crippen molar-refractivity contribution in [2.75, 3.05) is 0 Å². The van der Waals surface area contributed by atoms with Gasteiger partial charge in [0.05, 0.1) is 22.9 Å². The van der Waals surface area contributed by atoms with Crippen LogP contribution in [0.4, 0.5) is 4.39 Å². The molecule has 0 saturated heterocycles. The van der Waals surface area contributed by atoms with Crippen molar-refractivity contribution < 1.29 is 4.39 Å². The fourth-order valence-electron chi connectivity index (χ4n) is 3.70. The lowest BCUT2D eigenvalue weighted by Crippen LogP contribution is -1.87. The summed E-state index contributed by atoms with van der Waals surface area (Å²) in [4.78, 5) is 20.9. The zero-order valence-electron chi connectivity index (χ0n) is 16.0. The summed E-state index contributed by atoms with van der Waals surface area (Å²) in [5.41, 5.74) is 5.44. The van der Waals surface area contributed by atoms with Crippen LogP contribution >= 0.6 is 0 Å². The summed E-state index contributed by atoms with van der Waals surface area (Å²) < 4.78 is 14.4. The smallest absolute Gasteiger partial charge is 0.178 e. The second-order valence-corrected chi connectivity index (χ2v) is 7.05. The number of aromatic amines is 2. The first-order valence-corrected chi connectivity index (χ1v) is 9.62. The molecule has 0 atom stereocenters. The van der Waals surface area contributed by atoms with E-state index in [1.54, 1.807) is 49.1 Å². The molecule has 1 aromatic carbocycles. The molecule has 31 heavy (non-hydrogen) atoms. The Morgan fingerprint density at radius 2 is 1.81 bits per heavy atom. The van der Waals surface area contributed by atoms with E-state index in [9.17, 15) is 4.39 Å². The van der Waals surface area contributed by atoms with Crippen LogP contribution in [-0.4, -0.2) is 35.1 Å². The van der Waals surface area contributed by atoms with Crippen molar-refractivity contribution in [2.45, 2.75) is 0 Å². The molecule has 0 aliphatic carbocycles. The number of hydrogen-bond donors (Lipinski definition) is 2. The lowest BCUT2D eigenvalue weighted by atomic mass is 10.1. The summed E-state index contributed by atoms with van der Waals surface area (Å²) in [6, 6.07) is 14.2. The number of rotatable bonds is 3. The van der Waals surface area contributed by atoms with Gasteiger partial charge in [-0.3, -0.25) is 15.1 Å². The average molecular weight is 407 g/mol. The molecule has 0 spiro atoms. The van der Waals surface area contributed by atoms with E-state index in [-0.39, 0.29) is 5.82 Å². The summed E-state index contributed by atoms with van der Waals surface area (Å²) in [6.07, 6.45) is 6.85. The summed E-state index contributed by atoms with van der Waals surface area (Å²) in [7, 11) is 0. The average Bonchev–Trinajstić information content (AvgIpc) is 3.43. The standard InChI is InChI=1S/C23H14FN7/c24-17-6-2-1-5-14(17)15-7-9-26-22-20(15)28-23(29-22)21-16-10-18(13-4-3-8-25-11-13)27-12-19(16)30-31-21/h1-12H,(H,30,31)(H,26,28,29). The van der Waals surface area contributed by atoms with E-state index < -0.39 is 0 Å². The normalized spacial score (nSPS) is 11.4. The second kappa shape index (κ2) is 6.81. The molecule has 0 amide bonds. The van der Waals surface area contributed by atoms with Gasteiger partial charge in [0.2, 0.25) is 0 Å². The Balaban J connectivity index is 1.53. The zero-order chi connectivity index (χ0) is 20.8. The maximum absolute atomic E-state index is 14.4. The number of imidazole rings is 1. The van der Waals surface area contributed by atoms with Gasteiger partial charge < -0.3 is 4.98 Å². The minimum atomic E-state index is -0.302. The third-order valence-electron chi connectivity index (χ3n) is 5.18. The molecule has 0 aliphatic rings. The Bertz CT molecular complexity index is 1550. The zero-order valence-corrected chi connectivity index (χ0v) is 16.0. The van der Waals surface area contributed by atoms with Gasteiger partial charge in [-0.2, -0.15) is 5.10 Å². The van der Waals surface area contributed by atoms with Gasteiger partial charge in [-0.15, -0.1) is 0 Å². The topological polar surface area (TPSA) is 96.0 Å². The minimum Gasteiger partial charge on any atom is -0.335 e. The van der Waals surface area contributed by atoms with E-state index in [0.29, 0.717) is 33.8 Å². The number of nitrogens with one attached hydrogen (secondary N) is 2. The predicted octanol–water partition coefficient (Wildman–Crippen LogP) is 4.76. The van der Waals surface area contributed by atoms with E-state index in [2.05, 4.69) is 35.1 Å². The van der Waals surface area contributed by atoms with Crippen LogP contribution in [0.25, 0.3) is 56.0 Å². The Labute approximate surface area is 175 Å². The first-order valence-electron chi connectivity index (χ1n) is 9.62. The number of fused-ring (bicyclic) bond motifs is 2. The highest BCUT2D eigenvalue weighted by atomic mass is 19.1. The first kappa shape index (κ1) is 17.4. The van der Waals surface area contributed by atoms with Gasteiger partial charge in [0.25, 0.3) is 0 Å². The van der Waals surface area contributed by atoms with Crippen molar-refractivity contribution in [1.29, 1.82) is 0 Å². The molecule has 2 N–H and O–H groups in total. The van der Waals surface area contributed by atoms with Gasteiger partial charge in [-0.05, 0) is 30.3 Å². The molecule has 0 fully saturated rings. The van der Waals surface area contributed by atoms with Crippen molar-refractivity contribution in [3.63, 3.8) is 0 Å². The van der Waals surface area contributed by atoms with Gasteiger partial charge in [0.15, 0.2) is 11.5 Å². The first-order chi connectivity index (χ1) is 15.3. The Morgan fingerprint density at radius 3 is 2.68 bits per heavy atom. The predicted molar refractivity (Wildman–Crippen MR) is 115 cm³/mol. The van der Waals surface area contributed by atoms with E-state index in [0.717, 1.165) is 22.2 Å². The van der Waals surface area contributed by atoms with Crippen LogP contribution in [0.15, 0.2) is 73.3 Å². The van der Waals surface area contributed by atoms with Gasteiger partial charge in [-0.25, -0.2) is 14.4 Å². The molecule has 6 rings (SSSR count). The number of aromatic nitrogens is 7. The van der Waals surface area contributed by atoms with Gasteiger partial charge in [-0.1, -0.05) is 18.2 Å². The molecule has 0 saturated carbocycles. The molecule has 0 bridgehead atoms. The lowest BCUT2D eigenvalue weighted by molar-refractivity contribution is 0.631. The summed E-state index contributed by atoms with van der Waals surface area (Å²) in [5, 5.41) is 8.30. The molecule has 6 aromatic rings. The van der Waals surface area contributed by atoms with Crippen LogP contribution < -0.4 is 0 Å². The number of hydrogen-bond acceptors (Lipinski definition) is 5. The van der Waals surface area contributed by atoms with E-state index >= 15 is 0 Å². The third-order valence-corrected chi connectivity index (χ3v) is 5.18. The minimum absolute atomic E-state index is 0.302. The van der Waals surface area contributed by atoms with Crippen molar-refractivity contribution in [3.05, 3.63) is 79.1 Å². The van der Waals surface area contributed by atoms with Crippen molar-refractivity contribution in [2.24, 2.45) is 0 Å². The van der Waals surface area contributed by atoms with E-state index in [1.807, 2.05) is 18.2 Å². The Kier molecular flexibility index (Phi) is 3.82. The Hall–Kier alpha value is -4.46. The Morgan fingerprint density at radius 1 is 0.871 bits per heavy atom.